The molecule has 144 valence electrons. The number of carbonyl (C=O) groups excluding carboxylic acids is 1. The summed E-state index contributed by atoms with van der Waals surface area (Å²) in [5.41, 5.74) is 4.08. The number of nitrogens with zero attached hydrogens (tertiary/aromatic N) is 2. The van der Waals surface area contributed by atoms with E-state index in [1.54, 1.807) is 66.7 Å². The van der Waals surface area contributed by atoms with Crippen LogP contribution in [0.3, 0.4) is 0 Å². The van der Waals surface area contributed by atoms with E-state index in [0.717, 1.165) is 0 Å². The largest absolute Gasteiger partial charge is 0.422 e. The van der Waals surface area contributed by atoms with E-state index in [4.69, 9.17) is 4.74 Å². The molecule has 0 aliphatic carbocycles. The number of para-hydroxylation sites is 1. The number of esters is 1. The molecule has 0 saturated heterocycles. The Morgan fingerprint density at radius 2 is 1.62 bits per heavy atom. The van der Waals surface area contributed by atoms with E-state index in [-0.39, 0.29) is 10.7 Å². The van der Waals surface area contributed by atoms with Gasteiger partial charge in [0.25, 0.3) is 10.0 Å². The number of amidine groups is 1. The SMILES string of the molecule is O=C(Oc1ccccc1/C=N\NC1=NS(=O)(=O)c2ccccc21)c1ccccc1. The molecular formula is C21H15N3O4S. The number of rotatable bonds is 4. The molecule has 0 spiro atoms. The van der Waals surface area contributed by atoms with E-state index >= 15 is 0 Å². The maximum absolute atomic E-state index is 12.3. The Hall–Kier alpha value is -3.78. The van der Waals surface area contributed by atoms with E-state index in [0.29, 0.717) is 22.4 Å². The molecule has 1 aliphatic rings. The van der Waals surface area contributed by atoms with Crippen LogP contribution in [0.25, 0.3) is 0 Å². The molecule has 0 radical (unpaired) electrons. The van der Waals surface area contributed by atoms with Gasteiger partial charge in [-0.05, 0) is 36.4 Å². The number of ether oxygens (including phenoxy) is 1. The Bertz CT molecular complexity index is 1240. The fraction of sp³-hybridized carbons (Fsp3) is 0. The van der Waals surface area contributed by atoms with Crippen molar-refractivity contribution in [3.8, 4) is 5.75 Å². The van der Waals surface area contributed by atoms with Gasteiger partial charge in [-0.1, -0.05) is 42.5 Å². The van der Waals surface area contributed by atoms with Gasteiger partial charge in [0.15, 0.2) is 5.84 Å². The first kappa shape index (κ1) is 18.6. The lowest BCUT2D eigenvalue weighted by molar-refractivity contribution is 0.0734. The molecule has 0 unspecified atom stereocenters. The highest BCUT2D eigenvalue weighted by Crippen LogP contribution is 2.24. The highest BCUT2D eigenvalue weighted by Gasteiger charge is 2.28. The zero-order chi connectivity index (χ0) is 20.3. The van der Waals surface area contributed by atoms with Crippen LogP contribution < -0.4 is 10.2 Å². The third-order valence-electron chi connectivity index (χ3n) is 4.14. The second-order valence-electron chi connectivity index (χ2n) is 6.07. The number of sulfonamides is 1. The van der Waals surface area contributed by atoms with Gasteiger partial charge in [0.05, 0.1) is 11.8 Å². The van der Waals surface area contributed by atoms with Gasteiger partial charge in [-0.15, -0.1) is 4.40 Å². The topological polar surface area (TPSA) is 97.2 Å². The van der Waals surface area contributed by atoms with Gasteiger partial charge in [-0.3, -0.25) is 5.43 Å². The van der Waals surface area contributed by atoms with Crippen molar-refractivity contribution >= 4 is 28.0 Å². The summed E-state index contributed by atoms with van der Waals surface area (Å²) in [6.45, 7) is 0. The van der Waals surface area contributed by atoms with Crippen LogP contribution in [0.1, 0.15) is 21.5 Å². The average molecular weight is 405 g/mol. The molecule has 8 heteroatoms. The summed E-state index contributed by atoms with van der Waals surface area (Å²) in [7, 11) is -3.72. The average Bonchev–Trinajstić information content (AvgIpc) is 3.00. The van der Waals surface area contributed by atoms with Crippen molar-refractivity contribution in [2.45, 2.75) is 4.90 Å². The number of fused-ring (bicyclic) bond motifs is 1. The van der Waals surface area contributed by atoms with Crippen molar-refractivity contribution < 1.29 is 17.9 Å². The predicted octanol–water partition coefficient (Wildman–Crippen LogP) is 2.98. The van der Waals surface area contributed by atoms with E-state index in [1.807, 2.05) is 6.07 Å². The highest BCUT2D eigenvalue weighted by atomic mass is 32.2. The van der Waals surface area contributed by atoms with Crippen LogP contribution in [0, 0.1) is 0 Å². The lowest BCUT2D eigenvalue weighted by Crippen LogP contribution is -2.17. The summed E-state index contributed by atoms with van der Waals surface area (Å²) in [6.07, 6.45) is 1.43. The van der Waals surface area contributed by atoms with Crippen LogP contribution in [0.5, 0.6) is 5.75 Å². The number of benzene rings is 3. The van der Waals surface area contributed by atoms with Gasteiger partial charge >= 0.3 is 5.97 Å². The first-order chi connectivity index (χ1) is 14.0. The smallest absolute Gasteiger partial charge is 0.343 e. The van der Waals surface area contributed by atoms with Crippen molar-refractivity contribution in [3.63, 3.8) is 0 Å². The van der Waals surface area contributed by atoms with Crippen LogP contribution in [0.15, 0.2) is 93.3 Å². The summed E-state index contributed by atoms with van der Waals surface area (Å²) in [5, 5.41) is 4.07. The Labute approximate surface area is 167 Å². The summed E-state index contributed by atoms with van der Waals surface area (Å²) in [5.74, 6) is -0.0245. The molecule has 4 rings (SSSR count). The predicted molar refractivity (Wildman–Crippen MR) is 109 cm³/mol. The molecule has 0 amide bonds. The lowest BCUT2D eigenvalue weighted by atomic mass is 10.2. The molecule has 3 aromatic carbocycles. The highest BCUT2D eigenvalue weighted by molar-refractivity contribution is 7.90. The fourth-order valence-electron chi connectivity index (χ4n) is 2.76. The maximum Gasteiger partial charge on any atom is 0.343 e. The van der Waals surface area contributed by atoms with Crippen LogP contribution in [-0.2, 0) is 10.0 Å². The van der Waals surface area contributed by atoms with Crippen molar-refractivity contribution in [2.75, 3.05) is 0 Å². The van der Waals surface area contributed by atoms with Crippen molar-refractivity contribution in [1.29, 1.82) is 0 Å². The van der Waals surface area contributed by atoms with Gasteiger partial charge in [0.2, 0.25) is 0 Å². The second kappa shape index (κ2) is 7.69. The maximum atomic E-state index is 12.3. The third kappa shape index (κ3) is 3.92. The van der Waals surface area contributed by atoms with Crippen LogP contribution in [-0.4, -0.2) is 26.4 Å². The van der Waals surface area contributed by atoms with Crippen molar-refractivity contribution in [2.24, 2.45) is 9.50 Å². The minimum atomic E-state index is -3.72. The van der Waals surface area contributed by atoms with Crippen LogP contribution in [0.4, 0.5) is 0 Å². The Balaban J connectivity index is 1.53. The minimum Gasteiger partial charge on any atom is -0.422 e. The van der Waals surface area contributed by atoms with E-state index < -0.39 is 16.0 Å². The van der Waals surface area contributed by atoms with Crippen LogP contribution in [0.2, 0.25) is 0 Å². The van der Waals surface area contributed by atoms with E-state index in [9.17, 15) is 13.2 Å². The van der Waals surface area contributed by atoms with E-state index in [1.165, 1.54) is 12.3 Å². The van der Waals surface area contributed by atoms with Gasteiger partial charge in [0, 0.05) is 11.1 Å². The fourth-order valence-corrected chi connectivity index (χ4v) is 3.93. The van der Waals surface area contributed by atoms with E-state index in [2.05, 4.69) is 14.9 Å². The van der Waals surface area contributed by atoms with Gasteiger partial charge in [0.1, 0.15) is 10.6 Å². The molecule has 1 aliphatic heterocycles. The summed E-state index contributed by atoms with van der Waals surface area (Å²) in [4.78, 5) is 12.4. The normalized spacial score (nSPS) is 14.3. The quantitative estimate of drug-likeness (QED) is 0.311. The summed E-state index contributed by atoms with van der Waals surface area (Å²) in [6, 6.07) is 22.0. The molecular weight excluding hydrogens is 390 g/mol. The molecule has 7 nitrogen and oxygen atoms in total. The zero-order valence-electron chi connectivity index (χ0n) is 15.0. The number of hydrazone groups is 1. The Kier molecular flexibility index (Phi) is 4.92. The Morgan fingerprint density at radius 3 is 2.45 bits per heavy atom. The number of carbonyl (C=O) groups is 1. The molecule has 0 atom stereocenters. The molecule has 0 aromatic heterocycles. The third-order valence-corrected chi connectivity index (χ3v) is 5.47. The molecule has 0 saturated carbocycles. The monoisotopic (exact) mass is 405 g/mol. The molecule has 1 N–H and O–H groups in total. The molecule has 0 bridgehead atoms. The standard InChI is InChI=1S/C21H15N3O4S/c25-21(15-8-2-1-3-9-15)28-18-12-6-4-10-16(18)14-22-23-20-17-11-5-7-13-19(17)29(26,27)24-20/h1-14H,(H,23,24)/b22-14-. The molecule has 0 fully saturated rings. The minimum absolute atomic E-state index is 0.134. The molecule has 3 aromatic rings. The van der Waals surface area contributed by atoms with Gasteiger partial charge in [-0.25, -0.2) is 4.79 Å². The zero-order valence-corrected chi connectivity index (χ0v) is 15.8. The number of hydrogen-bond acceptors (Lipinski definition) is 6. The number of hydrogen-bond donors (Lipinski definition) is 1. The molecule has 29 heavy (non-hydrogen) atoms. The Morgan fingerprint density at radius 1 is 0.931 bits per heavy atom. The van der Waals surface area contributed by atoms with Crippen molar-refractivity contribution in [3.05, 3.63) is 95.6 Å². The van der Waals surface area contributed by atoms with Crippen molar-refractivity contribution in [1.82, 2.24) is 5.43 Å². The summed E-state index contributed by atoms with van der Waals surface area (Å²) < 4.78 is 33.3. The number of nitrogens with one attached hydrogen (secondary N) is 1. The van der Waals surface area contributed by atoms with Crippen LogP contribution >= 0.6 is 0 Å². The first-order valence-electron chi connectivity index (χ1n) is 8.64. The lowest BCUT2D eigenvalue weighted by Gasteiger charge is -2.07. The molecule has 1 heterocycles. The second-order valence-corrected chi connectivity index (χ2v) is 7.65. The first-order valence-corrected chi connectivity index (χ1v) is 10.1. The summed E-state index contributed by atoms with van der Waals surface area (Å²) >= 11 is 0. The van der Waals surface area contributed by atoms with Gasteiger partial charge < -0.3 is 4.74 Å². The van der Waals surface area contributed by atoms with Gasteiger partial charge in [-0.2, -0.15) is 13.5 Å².